The topological polar surface area (TPSA) is 49.9 Å². The van der Waals surface area contributed by atoms with E-state index in [-0.39, 0.29) is 5.75 Å². The number of nitrogens with zero attached hydrogens (tertiary/aromatic N) is 1. The van der Waals surface area contributed by atoms with Crippen LogP contribution in [0.1, 0.15) is 6.92 Å². The molecule has 0 atom stereocenters. The first-order chi connectivity index (χ1) is 7.79. The van der Waals surface area contributed by atoms with E-state index >= 15 is 0 Å². The second-order valence-corrected chi connectivity index (χ2v) is 3.14. The maximum Gasteiger partial charge on any atom is 0.204 e. The lowest BCUT2D eigenvalue weighted by Gasteiger charge is -2.07. The van der Waals surface area contributed by atoms with E-state index in [1.807, 2.05) is 6.92 Å². The molecule has 0 saturated carbocycles. The van der Waals surface area contributed by atoms with E-state index < -0.39 is 5.82 Å². The zero-order chi connectivity index (χ0) is 11.4. The van der Waals surface area contributed by atoms with E-state index in [9.17, 15) is 4.39 Å². The van der Waals surface area contributed by atoms with Crippen molar-refractivity contribution in [1.29, 1.82) is 0 Å². The molecule has 4 nitrogen and oxygen atoms in total. The SMILES string of the molecule is CCOc1ccc(Nc2ncc[nH]2)cc1F. The molecule has 1 aromatic carbocycles. The van der Waals surface area contributed by atoms with Gasteiger partial charge in [0.05, 0.1) is 6.61 Å². The Morgan fingerprint density at radius 1 is 1.50 bits per heavy atom. The maximum absolute atomic E-state index is 13.5. The van der Waals surface area contributed by atoms with Gasteiger partial charge in [0, 0.05) is 24.1 Å². The molecule has 0 radical (unpaired) electrons. The molecule has 5 heteroatoms. The number of ether oxygens (including phenoxy) is 1. The molecule has 0 unspecified atom stereocenters. The summed E-state index contributed by atoms with van der Waals surface area (Å²) in [7, 11) is 0. The predicted molar refractivity (Wildman–Crippen MR) is 59.4 cm³/mol. The van der Waals surface area contributed by atoms with E-state index in [0.717, 1.165) is 0 Å². The van der Waals surface area contributed by atoms with Crippen molar-refractivity contribution in [2.45, 2.75) is 6.92 Å². The average molecular weight is 221 g/mol. The molecule has 1 aromatic heterocycles. The van der Waals surface area contributed by atoms with Crippen molar-refractivity contribution in [1.82, 2.24) is 9.97 Å². The van der Waals surface area contributed by atoms with Gasteiger partial charge in [0.2, 0.25) is 5.95 Å². The second-order valence-electron chi connectivity index (χ2n) is 3.14. The fraction of sp³-hybridized carbons (Fsp3) is 0.182. The van der Waals surface area contributed by atoms with Gasteiger partial charge in [-0.25, -0.2) is 9.37 Å². The quantitative estimate of drug-likeness (QED) is 0.834. The summed E-state index contributed by atoms with van der Waals surface area (Å²) in [5.74, 6) is 0.439. The lowest BCUT2D eigenvalue weighted by Crippen LogP contribution is -1.97. The molecule has 0 saturated heterocycles. The van der Waals surface area contributed by atoms with Gasteiger partial charge in [-0.05, 0) is 19.1 Å². The number of aromatic nitrogens is 2. The summed E-state index contributed by atoms with van der Waals surface area (Å²) in [6.07, 6.45) is 3.31. The van der Waals surface area contributed by atoms with E-state index in [2.05, 4.69) is 15.3 Å². The summed E-state index contributed by atoms with van der Waals surface area (Å²) in [6.45, 7) is 2.26. The fourth-order valence-electron chi connectivity index (χ4n) is 1.32. The first-order valence-electron chi connectivity index (χ1n) is 4.98. The van der Waals surface area contributed by atoms with E-state index in [1.54, 1.807) is 24.5 Å². The summed E-state index contributed by atoms with van der Waals surface area (Å²) in [6, 6.07) is 4.69. The van der Waals surface area contributed by atoms with Crippen LogP contribution >= 0.6 is 0 Å². The number of aromatic amines is 1. The van der Waals surface area contributed by atoms with E-state index in [0.29, 0.717) is 18.2 Å². The molecule has 0 aliphatic carbocycles. The van der Waals surface area contributed by atoms with Crippen LogP contribution in [-0.2, 0) is 0 Å². The molecule has 1 heterocycles. The molecule has 0 aliphatic rings. The molecule has 0 spiro atoms. The van der Waals surface area contributed by atoms with Crippen molar-refractivity contribution in [3.05, 3.63) is 36.4 Å². The zero-order valence-electron chi connectivity index (χ0n) is 8.83. The number of anilines is 2. The second kappa shape index (κ2) is 4.65. The molecule has 84 valence electrons. The number of hydrogen-bond acceptors (Lipinski definition) is 3. The number of benzene rings is 1. The largest absolute Gasteiger partial charge is 0.491 e. The van der Waals surface area contributed by atoms with Gasteiger partial charge in [0.1, 0.15) is 0 Å². The lowest BCUT2D eigenvalue weighted by molar-refractivity contribution is 0.321. The molecule has 2 N–H and O–H groups in total. The Morgan fingerprint density at radius 3 is 3.00 bits per heavy atom. The maximum atomic E-state index is 13.5. The van der Waals surface area contributed by atoms with Crippen LogP contribution in [0.4, 0.5) is 16.0 Å². The monoisotopic (exact) mass is 221 g/mol. The van der Waals surface area contributed by atoms with Crippen LogP contribution in [0, 0.1) is 5.82 Å². The molecular weight excluding hydrogens is 209 g/mol. The van der Waals surface area contributed by atoms with Crippen molar-refractivity contribution in [3.8, 4) is 5.75 Å². The van der Waals surface area contributed by atoms with Crippen molar-refractivity contribution in [2.75, 3.05) is 11.9 Å². The summed E-state index contributed by atoms with van der Waals surface area (Å²) in [4.78, 5) is 6.85. The van der Waals surface area contributed by atoms with Gasteiger partial charge in [-0.15, -0.1) is 0 Å². The normalized spacial score (nSPS) is 10.1. The van der Waals surface area contributed by atoms with Gasteiger partial charge in [0.25, 0.3) is 0 Å². The van der Waals surface area contributed by atoms with Gasteiger partial charge in [-0.3, -0.25) is 0 Å². The Morgan fingerprint density at radius 2 is 2.38 bits per heavy atom. The van der Waals surface area contributed by atoms with Gasteiger partial charge in [0.15, 0.2) is 11.6 Å². The molecular formula is C11H12FN3O. The molecule has 0 bridgehead atoms. The minimum atomic E-state index is -0.390. The van der Waals surface area contributed by atoms with Crippen molar-refractivity contribution < 1.29 is 9.13 Å². The molecule has 0 amide bonds. The predicted octanol–water partition coefficient (Wildman–Crippen LogP) is 2.69. The highest BCUT2D eigenvalue weighted by Crippen LogP contribution is 2.22. The van der Waals surface area contributed by atoms with Crippen LogP contribution in [0.25, 0.3) is 0 Å². The highest BCUT2D eigenvalue weighted by Gasteiger charge is 2.04. The minimum Gasteiger partial charge on any atom is -0.491 e. The molecule has 2 rings (SSSR count). The molecule has 0 aliphatic heterocycles. The highest BCUT2D eigenvalue weighted by atomic mass is 19.1. The van der Waals surface area contributed by atoms with Gasteiger partial charge >= 0.3 is 0 Å². The van der Waals surface area contributed by atoms with Crippen LogP contribution in [0.15, 0.2) is 30.6 Å². The number of H-pyrrole nitrogens is 1. The number of rotatable bonds is 4. The van der Waals surface area contributed by atoms with Crippen molar-refractivity contribution in [2.24, 2.45) is 0 Å². The highest BCUT2D eigenvalue weighted by molar-refractivity contribution is 5.54. The standard InChI is InChI=1S/C11H12FN3O/c1-2-16-10-4-3-8(7-9(10)12)15-11-13-5-6-14-11/h3-7H,2H2,1H3,(H2,13,14,15). The van der Waals surface area contributed by atoms with Gasteiger partial charge in [-0.2, -0.15) is 0 Å². The van der Waals surface area contributed by atoms with E-state index in [1.165, 1.54) is 6.07 Å². The van der Waals surface area contributed by atoms with Crippen molar-refractivity contribution in [3.63, 3.8) is 0 Å². The third-order valence-electron chi connectivity index (χ3n) is 1.99. The average Bonchev–Trinajstić information content (AvgIpc) is 2.75. The molecule has 2 aromatic rings. The Balaban J connectivity index is 2.15. The van der Waals surface area contributed by atoms with Gasteiger partial charge in [-0.1, -0.05) is 0 Å². The Hall–Kier alpha value is -2.04. The van der Waals surface area contributed by atoms with Gasteiger partial charge < -0.3 is 15.0 Å². The summed E-state index contributed by atoms with van der Waals surface area (Å²) >= 11 is 0. The number of hydrogen-bond donors (Lipinski definition) is 2. The summed E-state index contributed by atoms with van der Waals surface area (Å²) in [5, 5.41) is 2.93. The first kappa shape index (κ1) is 10.5. The zero-order valence-corrected chi connectivity index (χ0v) is 8.83. The molecule has 16 heavy (non-hydrogen) atoms. The van der Waals surface area contributed by atoms with Crippen molar-refractivity contribution >= 4 is 11.6 Å². The number of nitrogens with one attached hydrogen (secondary N) is 2. The number of imidazole rings is 1. The Labute approximate surface area is 92.5 Å². The smallest absolute Gasteiger partial charge is 0.204 e. The first-order valence-corrected chi connectivity index (χ1v) is 4.98. The van der Waals surface area contributed by atoms with Crippen LogP contribution in [0.5, 0.6) is 5.75 Å². The van der Waals surface area contributed by atoms with E-state index in [4.69, 9.17) is 4.74 Å². The minimum absolute atomic E-state index is 0.257. The van der Waals surface area contributed by atoms with Crippen LogP contribution < -0.4 is 10.1 Å². The van der Waals surface area contributed by atoms with Crippen LogP contribution in [-0.4, -0.2) is 16.6 Å². The summed E-state index contributed by atoms with van der Waals surface area (Å²) < 4.78 is 18.6. The van der Waals surface area contributed by atoms with Crippen LogP contribution in [0.2, 0.25) is 0 Å². The third kappa shape index (κ3) is 2.31. The van der Waals surface area contributed by atoms with Crippen LogP contribution in [0.3, 0.4) is 0 Å². The number of halogens is 1. The summed E-state index contributed by atoms with van der Waals surface area (Å²) in [5.41, 5.74) is 0.621. The fourth-order valence-corrected chi connectivity index (χ4v) is 1.32. The third-order valence-corrected chi connectivity index (χ3v) is 1.99. The Kier molecular flexibility index (Phi) is 3.05. The lowest BCUT2D eigenvalue weighted by atomic mass is 10.3. The Bertz CT molecular complexity index is 456. The molecule has 0 fully saturated rings.